The number of hydrogen-bond acceptors (Lipinski definition) is 3. The topological polar surface area (TPSA) is 83.5 Å². The van der Waals surface area contributed by atoms with Crippen molar-refractivity contribution in [3.63, 3.8) is 0 Å². The molecule has 0 heterocycles. The van der Waals surface area contributed by atoms with Crippen LogP contribution in [0.4, 0.5) is 0 Å². The van der Waals surface area contributed by atoms with Crippen LogP contribution in [0.1, 0.15) is 33.1 Å². The number of nitrogens with two attached hydrogens (primary N) is 1. The number of carboxylic acids is 1. The van der Waals surface area contributed by atoms with Crippen LogP contribution in [0.3, 0.4) is 0 Å². The Labute approximate surface area is 78.7 Å². The first-order chi connectivity index (χ1) is 5.99. The van der Waals surface area contributed by atoms with E-state index in [1.165, 1.54) is 0 Å². The van der Waals surface area contributed by atoms with Crippen LogP contribution in [0.15, 0.2) is 0 Å². The second-order valence-corrected chi connectivity index (χ2v) is 3.54. The predicted octanol–water partition coefficient (Wildman–Crippen LogP) is 0.586. The van der Waals surface area contributed by atoms with Crippen molar-refractivity contribution in [1.82, 2.24) is 0 Å². The van der Waals surface area contributed by atoms with Crippen LogP contribution in [-0.2, 0) is 4.79 Å². The highest BCUT2D eigenvalue weighted by Crippen LogP contribution is 2.11. The lowest BCUT2D eigenvalue weighted by molar-refractivity contribution is -0.147. The number of aliphatic carboxylic acids is 1. The third kappa shape index (κ3) is 4.85. The van der Waals surface area contributed by atoms with Gasteiger partial charge in [0.25, 0.3) is 0 Å². The van der Waals surface area contributed by atoms with E-state index in [9.17, 15) is 4.79 Å². The molecule has 0 amide bonds. The quantitative estimate of drug-likeness (QED) is 0.571. The van der Waals surface area contributed by atoms with Crippen molar-refractivity contribution in [3.8, 4) is 0 Å². The van der Waals surface area contributed by atoms with Crippen molar-refractivity contribution in [2.24, 2.45) is 11.7 Å². The van der Waals surface area contributed by atoms with Gasteiger partial charge in [-0.3, -0.25) is 0 Å². The molecule has 0 aromatic heterocycles. The zero-order valence-electron chi connectivity index (χ0n) is 8.23. The molecule has 0 spiro atoms. The van der Waals surface area contributed by atoms with Crippen LogP contribution in [0.2, 0.25) is 0 Å². The molecule has 0 aliphatic heterocycles. The number of carbonyl (C=O) groups is 1. The monoisotopic (exact) mass is 189 g/mol. The van der Waals surface area contributed by atoms with E-state index in [1.807, 2.05) is 0 Å². The molecule has 0 aromatic carbocycles. The molecule has 78 valence electrons. The van der Waals surface area contributed by atoms with Crippen molar-refractivity contribution >= 4 is 5.97 Å². The second kappa shape index (κ2) is 5.94. The molecule has 0 aliphatic carbocycles. The second-order valence-electron chi connectivity index (χ2n) is 3.54. The van der Waals surface area contributed by atoms with E-state index in [-0.39, 0.29) is 0 Å². The van der Waals surface area contributed by atoms with Gasteiger partial charge in [0, 0.05) is 6.04 Å². The molecule has 0 saturated heterocycles. The predicted molar refractivity (Wildman–Crippen MR) is 50.3 cm³/mol. The molecule has 0 rings (SSSR count). The van der Waals surface area contributed by atoms with Gasteiger partial charge in [-0.25, -0.2) is 4.79 Å². The minimum Gasteiger partial charge on any atom is -0.479 e. The smallest absolute Gasteiger partial charge is 0.334 e. The minimum absolute atomic E-state index is 0.534. The highest BCUT2D eigenvalue weighted by molar-refractivity contribution is 5.72. The average molecular weight is 189 g/mol. The van der Waals surface area contributed by atoms with E-state index >= 15 is 0 Å². The van der Waals surface area contributed by atoms with Gasteiger partial charge in [0.05, 0.1) is 0 Å². The Morgan fingerprint density at radius 2 is 2.00 bits per heavy atom. The Kier molecular flexibility index (Phi) is 5.66. The van der Waals surface area contributed by atoms with Gasteiger partial charge in [0.1, 0.15) is 0 Å². The van der Waals surface area contributed by atoms with Crippen molar-refractivity contribution < 1.29 is 15.0 Å². The largest absolute Gasteiger partial charge is 0.479 e. The van der Waals surface area contributed by atoms with Crippen molar-refractivity contribution in [3.05, 3.63) is 0 Å². The molecule has 13 heavy (non-hydrogen) atoms. The van der Waals surface area contributed by atoms with Crippen molar-refractivity contribution in [1.29, 1.82) is 0 Å². The highest BCUT2D eigenvalue weighted by Gasteiger charge is 2.21. The minimum atomic E-state index is -1.43. The third-order valence-corrected chi connectivity index (χ3v) is 2.35. The maximum Gasteiger partial charge on any atom is 0.334 e. The summed E-state index contributed by atoms with van der Waals surface area (Å²) in [6, 6.07) is -0.647. The van der Waals surface area contributed by atoms with Crippen LogP contribution in [-0.4, -0.2) is 28.3 Å². The summed E-state index contributed by atoms with van der Waals surface area (Å²) in [7, 11) is 0. The summed E-state index contributed by atoms with van der Waals surface area (Å²) < 4.78 is 0. The molecule has 0 aliphatic rings. The van der Waals surface area contributed by atoms with E-state index in [0.717, 1.165) is 12.8 Å². The molecule has 0 aromatic rings. The summed E-state index contributed by atoms with van der Waals surface area (Å²) in [6.45, 7) is 4.16. The Balaban J connectivity index is 3.73. The first-order valence-corrected chi connectivity index (χ1v) is 4.65. The first kappa shape index (κ1) is 12.4. The standard InChI is InChI=1S/C9H19NO3/c1-3-6(2)4-5-7(10)8(11)9(12)13/h6-8,11H,3-5,10H2,1-2H3,(H,12,13). The number of rotatable bonds is 6. The fourth-order valence-corrected chi connectivity index (χ4v) is 1.02. The van der Waals surface area contributed by atoms with E-state index in [2.05, 4.69) is 13.8 Å². The lowest BCUT2D eigenvalue weighted by Crippen LogP contribution is -2.40. The van der Waals surface area contributed by atoms with Crippen molar-refractivity contribution in [2.75, 3.05) is 0 Å². The van der Waals surface area contributed by atoms with Crippen LogP contribution in [0, 0.1) is 5.92 Å². The molecule has 0 radical (unpaired) electrons. The SMILES string of the molecule is CCC(C)CCC(N)C(O)C(=O)O. The van der Waals surface area contributed by atoms with Gasteiger partial charge in [-0.15, -0.1) is 0 Å². The Bertz CT molecular complexity index is 161. The average Bonchev–Trinajstić information content (AvgIpc) is 2.11. The van der Waals surface area contributed by atoms with Gasteiger partial charge in [-0.1, -0.05) is 20.3 Å². The summed E-state index contributed by atoms with van der Waals surface area (Å²) in [5.41, 5.74) is 5.49. The zero-order chi connectivity index (χ0) is 10.4. The van der Waals surface area contributed by atoms with Gasteiger partial charge in [-0.05, 0) is 18.8 Å². The molecular weight excluding hydrogens is 170 g/mol. The van der Waals surface area contributed by atoms with E-state index in [0.29, 0.717) is 12.3 Å². The molecule has 0 fully saturated rings. The normalized spacial score (nSPS) is 17.8. The molecule has 4 N–H and O–H groups in total. The van der Waals surface area contributed by atoms with Gasteiger partial charge >= 0.3 is 5.97 Å². The van der Waals surface area contributed by atoms with Gasteiger partial charge in [0.2, 0.25) is 0 Å². The number of carboxylic acid groups (broad SMARTS) is 1. The Morgan fingerprint density at radius 3 is 2.38 bits per heavy atom. The first-order valence-electron chi connectivity index (χ1n) is 4.65. The fraction of sp³-hybridized carbons (Fsp3) is 0.889. The number of hydrogen-bond donors (Lipinski definition) is 3. The summed E-state index contributed by atoms with van der Waals surface area (Å²) in [4.78, 5) is 10.3. The summed E-state index contributed by atoms with van der Waals surface area (Å²) in [5, 5.41) is 17.5. The lowest BCUT2D eigenvalue weighted by Gasteiger charge is -2.16. The highest BCUT2D eigenvalue weighted by atomic mass is 16.4. The number of aliphatic hydroxyl groups excluding tert-OH is 1. The zero-order valence-corrected chi connectivity index (χ0v) is 8.23. The number of aliphatic hydroxyl groups is 1. The maximum atomic E-state index is 10.3. The van der Waals surface area contributed by atoms with Crippen LogP contribution >= 0.6 is 0 Å². The summed E-state index contributed by atoms with van der Waals surface area (Å²) in [5.74, 6) is -0.705. The molecule has 0 bridgehead atoms. The fourth-order valence-electron chi connectivity index (χ4n) is 1.02. The van der Waals surface area contributed by atoms with Crippen LogP contribution in [0.5, 0.6) is 0 Å². The van der Waals surface area contributed by atoms with E-state index in [1.54, 1.807) is 0 Å². The molecular formula is C9H19NO3. The van der Waals surface area contributed by atoms with E-state index in [4.69, 9.17) is 15.9 Å². The van der Waals surface area contributed by atoms with Crippen LogP contribution in [0.25, 0.3) is 0 Å². The Hall–Kier alpha value is -0.610. The Morgan fingerprint density at radius 1 is 1.46 bits per heavy atom. The molecule has 0 saturated carbocycles. The summed E-state index contributed by atoms with van der Waals surface area (Å²) >= 11 is 0. The van der Waals surface area contributed by atoms with Gasteiger partial charge in [0.15, 0.2) is 6.10 Å². The maximum absolute atomic E-state index is 10.3. The van der Waals surface area contributed by atoms with Gasteiger partial charge in [-0.2, -0.15) is 0 Å². The lowest BCUT2D eigenvalue weighted by atomic mass is 9.97. The summed E-state index contributed by atoms with van der Waals surface area (Å²) in [6.07, 6.45) is 1.05. The molecule has 3 unspecified atom stereocenters. The van der Waals surface area contributed by atoms with Crippen LogP contribution < -0.4 is 5.73 Å². The van der Waals surface area contributed by atoms with E-state index < -0.39 is 18.1 Å². The molecule has 4 nitrogen and oxygen atoms in total. The van der Waals surface area contributed by atoms with Gasteiger partial charge < -0.3 is 15.9 Å². The third-order valence-electron chi connectivity index (χ3n) is 2.35. The van der Waals surface area contributed by atoms with Crippen molar-refractivity contribution in [2.45, 2.75) is 45.3 Å². The molecule has 4 heteroatoms. The molecule has 3 atom stereocenters.